The molecule has 11 nitrogen and oxygen atoms in total. The molecule has 0 aromatic rings. The number of allylic oxidation sites excluding steroid dienone is 12. The summed E-state index contributed by atoms with van der Waals surface area (Å²) in [6, 6.07) is 0. The van der Waals surface area contributed by atoms with Crippen LogP contribution >= 0.6 is 7.82 Å². The van der Waals surface area contributed by atoms with Gasteiger partial charge in [0, 0.05) is 19.3 Å². The molecule has 58 heavy (non-hydrogen) atoms. The first-order valence-electron chi connectivity index (χ1n) is 21.8. The van der Waals surface area contributed by atoms with Crippen LogP contribution in [0.5, 0.6) is 0 Å². The van der Waals surface area contributed by atoms with Gasteiger partial charge in [-0.15, -0.1) is 0 Å². The molecule has 0 aliphatic heterocycles. The highest BCUT2D eigenvalue weighted by Gasteiger charge is 2.27. The van der Waals surface area contributed by atoms with Crippen LogP contribution in [0.3, 0.4) is 0 Å². The number of unbranched alkanes of at least 4 members (excludes halogenated alkanes) is 13. The Labute approximate surface area is 350 Å². The molecule has 332 valence electrons. The van der Waals surface area contributed by atoms with Gasteiger partial charge in [-0.1, -0.05) is 138 Å². The SMILES string of the molecule is CCCCC/C=C\C/C=C\CCCCCCCCCC(=O)OC[C@H](COP(=O)(O)OC[C@@H](O)CO)OC(=O)CCC/C=C\C/C=C\C/C=C\C=C\C(=O)CCCCC. The number of aliphatic hydroxyl groups is 2. The maximum atomic E-state index is 12.6. The fourth-order valence-electron chi connectivity index (χ4n) is 5.38. The lowest BCUT2D eigenvalue weighted by molar-refractivity contribution is -0.161. The van der Waals surface area contributed by atoms with Gasteiger partial charge in [-0.3, -0.25) is 23.4 Å². The van der Waals surface area contributed by atoms with Crippen LogP contribution < -0.4 is 0 Å². The lowest BCUT2D eigenvalue weighted by Gasteiger charge is -2.20. The molecular formula is C46H77O11P. The summed E-state index contributed by atoms with van der Waals surface area (Å²) in [5.41, 5.74) is 0. The Morgan fingerprint density at radius 1 is 0.569 bits per heavy atom. The maximum Gasteiger partial charge on any atom is 0.472 e. The Morgan fingerprint density at radius 3 is 1.71 bits per heavy atom. The van der Waals surface area contributed by atoms with Gasteiger partial charge in [0.05, 0.1) is 19.8 Å². The Kier molecular flexibility index (Phi) is 38.8. The van der Waals surface area contributed by atoms with E-state index in [1.807, 2.05) is 36.5 Å². The number of esters is 2. The number of carbonyl (C=O) groups is 3. The highest BCUT2D eigenvalue weighted by molar-refractivity contribution is 7.47. The second kappa shape index (κ2) is 40.8. The van der Waals surface area contributed by atoms with Crippen molar-refractivity contribution in [1.29, 1.82) is 0 Å². The predicted octanol–water partition coefficient (Wildman–Crippen LogP) is 10.8. The summed E-state index contributed by atoms with van der Waals surface area (Å²) in [6.45, 7) is 2.09. The van der Waals surface area contributed by atoms with E-state index in [4.69, 9.17) is 19.1 Å². The number of ketones is 1. The molecule has 0 radical (unpaired) electrons. The van der Waals surface area contributed by atoms with E-state index in [9.17, 15) is 28.9 Å². The lowest BCUT2D eigenvalue weighted by atomic mass is 10.1. The number of phosphoric acid groups is 1. The number of rotatable bonds is 40. The number of carbonyl (C=O) groups excluding carboxylic acids is 3. The molecule has 0 aromatic heterocycles. The first-order chi connectivity index (χ1) is 28.1. The van der Waals surface area contributed by atoms with Gasteiger partial charge in [-0.05, 0) is 76.7 Å². The van der Waals surface area contributed by atoms with Gasteiger partial charge in [-0.2, -0.15) is 0 Å². The molecule has 0 heterocycles. The molecular weight excluding hydrogens is 759 g/mol. The molecule has 0 spiro atoms. The molecule has 0 aliphatic rings. The second-order valence-corrected chi connectivity index (χ2v) is 15.8. The van der Waals surface area contributed by atoms with Crippen molar-refractivity contribution >= 4 is 25.5 Å². The fraction of sp³-hybridized carbons (Fsp3) is 0.674. The van der Waals surface area contributed by atoms with Crippen molar-refractivity contribution in [2.24, 2.45) is 0 Å². The third-order valence-electron chi connectivity index (χ3n) is 8.81. The zero-order valence-corrected chi connectivity index (χ0v) is 36.6. The van der Waals surface area contributed by atoms with Gasteiger partial charge in [-0.25, -0.2) is 4.57 Å². The molecule has 3 N–H and O–H groups in total. The molecule has 0 fully saturated rings. The number of ether oxygens (including phenoxy) is 2. The molecule has 0 saturated carbocycles. The molecule has 0 rings (SSSR count). The highest BCUT2D eigenvalue weighted by atomic mass is 31.2. The van der Waals surface area contributed by atoms with E-state index >= 15 is 0 Å². The minimum absolute atomic E-state index is 0.0770. The molecule has 0 bridgehead atoms. The molecule has 0 aromatic carbocycles. The van der Waals surface area contributed by atoms with E-state index in [1.54, 1.807) is 12.2 Å². The van der Waals surface area contributed by atoms with E-state index < -0.39 is 51.8 Å². The third-order valence-corrected chi connectivity index (χ3v) is 9.76. The summed E-state index contributed by atoms with van der Waals surface area (Å²) in [5.74, 6) is -0.885. The van der Waals surface area contributed by atoms with E-state index in [0.717, 1.165) is 70.6 Å². The van der Waals surface area contributed by atoms with Gasteiger partial charge in [0.25, 0.3) is 0 Å². The summed E-state index contributed by atoms with van der Waals surface area (Å²) in [4.78, 5) is 46.7. The minimum Gasteiger partial charge on any atom is -0.462 e. The van der Waals surface area contributed by atoms with Gasteiger partial charge in [0.1, 0.15) is 12.7 Å². The van der Waals surface area contributed by atoms with E-state index in [0.29, 0.717) is 25.7 Å². The van der Waals surface area contributed by atoms with Crippen LogP contribution in [-0.4, -0.2) is 71.5 Å². The number of hydrogen-bond acceptors (Lipinski definition) is 10. The minimum atomic E-state index is -4.65. The van der Waals surface area contributed by atoms with Crippen LogP contribution in [0.2, 0.25) is 0 Å². The molecule has 0 amide bonds. The second-order valence-electron chi connectivity index (χ2n) is 14.4. The van der Waals surface area contributed by atoms with E-state index in [-0.39, 0.29) is 25.2 Å². The fourth-order valence-corrected chi connectivity index (χ4v) is 6.17. The Balaban J connectivity index is 4.45. The monoisotopic (exact) mass is 837 g/mol. The number of aliphatic hydroxyl groups excluding tert-OH is 2. The Bertz CT molecular complexity index is 1250. The smallest absolute Gasteiger partial charge is 0.462 e. The van der Waals surface area contributed by atoms with Gasteiger partial charge in [0.15, 0.2) is 11.9 Å². The Hall–Kier alpha value is -2.92. The van der Waals surface area contributed by atoms with E-state index in [1.165, 1.54) is 38.5 Å². The van der Waals surface area contributed by atoms with Crippen LogP contribution in [0.25, 0.3) is 0 Å². The highest BCUT2D eigenvalue weighted by Crippen LogP contribution is 2.43. The van der Waals surface area contributed by atoms with Crippen molar-refractivity contribution < 1.29 is 52.6 Å². The van der Waals surface area contributed by atoms with Crippen LogP contribution in [0.1, 0.15) is 162 Å². The van der Waals surface area contributed by atoms with Crippen molar-refractivity contribution in [2.45, 2.75) is 174 Å². The summed E-state index contributed by atoms with van der Waals surface area (Å²) in [5, 5.41) is 18.3. The maximum absolute atomic E-state index is 12.6. The zero-order valence-electron chi connectivity index (χ0n) is 35.7. The summed E-state index contributed by atoms with van der Waals surface area (Å²) < 4.78 is 32.6. The van der Waals surface area contributed by atoms with Gasteiger partial charge in [0.2, 0.25) is 0 Å². The number of phosphoric ester groups is 1. The predicted molar refractivity (Wildman–Crippen MR) is 233 cm³/mol. The van der Waals surface area contributed by atoms with Crippen LogP contribution in [0.15, 0.2) is 72.9 Å². The van der Waals surface area contributed by atoms with Crippen LogP contribution in [0, 0.1) is 0 Å². The molecule has 12 heteroatoms. The summed E-state index contributed by atoms with van der Waals surface area (Å²) in [7, 11) is -4.65. The van der Waals surface area contributed by atoms with Crippen molar-refractivity contribution in [3.8, 4) is 0 Å². The van der Waals surface area contributed by atoms with Gasteiger partial charge >= 0.3 is 19.8 Å². The zero-order chi connectivity index (χ0) is 42.8. The average molecular weight is 837 g/mol. The van der Waals surface area contributed by atoms with Crippen molar-refractivity contribution in [1.82, 2.24) is 0 Å². The lowest BCUT2D eigenvalue weighted by Crippen LogP contribution is -2.29. The Morgan fingerprint density at radius 2 is 1.07 bits per heavy atom. The van der Waals surface area contributed by atoms with Gasteiger partial charge < -0.3 is 24.6 Å². The molecule has 1 unspecified atom stereocenters. The third kappa shape index (κ3) is 39.9. The van der Waals surface area contributed by atoms with Crippen LogP contribution in [0.4, 0.5) is 0 Å². The normalized spacial score (nSPS) is 14.4. The first-order valence-corrected chi connectivity index (χ1v) is 23.3. The topological polar surface area (TPSA) is 166 Å². The van der Waals surface area contributed by atoms with Crippen molar-refractivity contribution in [3.05, 3.63) is 72.9 Å². The first kappa shape index (κ1) is 55.1. The van der Waals surface area contributed by atoms with Crippen molar-refractivity contribution in [3.63, 3.8) is 0 Å². The quantitative estimate of drug-likeness (QED) is 0.0134. The van der Waals surface area contributed by atoms with Crippen LogP contribution in [-0.2, 0) is 37.5 Å². The van der Waals surface area contributed by atoms with E-state index in [2.05, 4.69) is 42.7 Å². The average Bonchev–Trinajstić information content (AvgIpc) is 3.20. The number of hydrogen-bond donors (Lipinski definition) is 3. The standard InChI is InChI=1S/C46H77O11P/c1-3-5-7-8-9-10-11-12-13-14-15-16-19-22-25-28-32-36-45(50)54-40-44(41-56-58(52,53)55-39-43(49)38-47)57-46(51)37-33-29-26-23-20-17-18-21-24-27-31-35-42(48)34-30-6-4-2/h9-10,12-13,17-18,23-24,26-27,31,35,43-44,47,49H,3-8,11,14-16,19-22,25,28-30,32-34,36-41H2,1-2H3,(H,52,53)/b10-9-,13-12-,18-17-,26-23-,27-24-,35-31+/t43-,44+/m0/s1. The summed E-state index contributed by atoms with van der Waals surface area (Å²) >= 11 is 0. The molecule has 0 saturated heterocycles. The largest absolute Gasteiger partial charge is 0.472 e. The summed E-state index contributed by atoms with van der Waals surface area (Å²) in [6.07, 6.45) is 42.8. The molecule has 3 atom stereocenters. The molecule has 0 aliphatic carbocycles. The van der Waals surface area contributed by atoms with Crippen molar-refractivity contribution in [2.75, 3.05) is 26.4 Å².